The Bertz CT molecular complexity index is 161. The van der Waals surface area contributed by atoms with Crippen LogP contribution in [-0.4, -0.2) is 25.0 Å². The lowest BCUT2D eigenvalue weighted by Gasteiger charge is -1.99. The van der Waals surface area contributed by atoms with Crippen LogP contribution in [0.2, 0.25) is 0 Å². The topological polar surface area (TPSA) is 63.6 Å². The summed E-state index contributed by atoms with van der Waals surface area (Å²) in [4.78, 5) is 0. The molecule has 0 saturated heterocycles. The summed E-state index contributed by atoms with van der Waals surface area (Å²) in [5, 5.41) is -0.424. The van der Waals surface area contributed by atoms with Crippen molar-refractivity contribution in [3.05, 3.63) is 0 Å². The molecule has 0 rings (SSSR count). The first-order valence-corrected chi connectivity index (χ1v) is 3.98. The normalized spacial score (nSPS) is 15.4. The Morgan fingerprint density at radius 2 is 2.22 bits per heavy atom. The van der Waals surface area contributed by atoms with Gasteiger partial charge in [-0.15, -0.1) is 11.6 Å². The van der Waals surface area contributed by atoms with Crippen LogP contribution in [0.15, 0.2) is 0 Å². The molecule has 4 nitrogen and oxygen atoms in total. The summed E-state index contributed by atoms with van der Waals surface area (Å²) < 4.78 is 31.5. The molecule has 0 aromatic carbocycles. The van der Waals surface area contributed by atoms with E-state index in [1.54, 1.807) is 6.92 Å². The van der Waals surface area contributed by atoms with E-state index in [1.165, 1.54) is 0 Å². The van der Waals surface area contributed by atoms with Gasteiger partial charge < -0.3 is 0 Å². The Labute approximate surface area is 58.7 Å². The minimum atomic E-state index is -4.30. The number of hydrogen-bond donors (Lipinski definition) is 1. The van der Waals surface area contributed by atoms with Gasteiger partial charge in [-0.3, -0.25) is 4.55 Å². The zero-order chi connectivity index (χ0) is 7.49. The van der Waals surface area contributed by atoms with E-state index in [4.69, 9.17) is 16.2 Å². The summed E-state index contributed by atoms with van der Waals surface area (Å²) in [6.07, 6.45) is 0. The standard InChI is InChI=1S/C3H7ClO4S/c1-3(4)2-8-9(5,6)7/h3H,2H2,1H3,(H,5,6,7). The highest BCUT2D eigenvalue weighted by molar-refractivity contribution is 7.80. The van der Waals surface area contributed by atoms with Crippen LogP contribution in [0.1, 0.15) is 6.92 Å². The monoisotopic (exact) mass is 174 g/mol. The van der Waals surface area contributed by atoms with Crippen LogP contribution in [0, 0.1) is 0 Å². The molecule has 0 aromatic heterocycles. The van der Waals surface area contributed by atoms with Gasteiger partial charge in [0.05, 0.1) is 12.0 Å². The zero-order valence-electron chi connectivity index (χ0n) is 4.74. The molecular weight excluding hydrogens is 168 g/mol. The van der Waals surface area contributed by atoms with Crippen molar-refractivity contribution in [1.82, 2.24) is 0 Å². The fraction of sp³-hybridized carbons (Fsp3) is 1.00. The van der Waals surface area contributed by atoms with Crippen LogP contribution in [0.25, 0.3) is 0 Å². The van der Waals surface area contributed by atoms with E-state index in [9.17, 15) is 8.42 Å². The molecule has 0 fully saturated rings. The van der Waals surface area contributed by atoms with Crippen LogP contribution < -0.4 is 0 Å². The van der Waals surface area contributed by atoms with Gasteiger partial charge in [-0.05, 0) is 6.92 Å². The molecule has 6 heteroatoms. The molecular formula is C3H7ClO4S. The van der Waals surface area contributed by atoms with Gasteiger partial charge in [0, 0.05) is 0 Å². The Morgan fingerprint density at radius 3 is 2.33 bits per heavy atom. The maximum atomic E-state index is 9.81. The average molecular weight is 175 g/mol. The predicted molar refractivity (Wildman–Crippen MR) is 32.8 cm³/mol. The van der Waals surface area contributed by atoms with Crippen molar-refractivity contribution in [2.24, 2.45) is 0 Å². The minimum absolute atomic E-state index is 0.208. The SMILES string of the molecule is CC(Cl)COS(=O)(=O)O. The number of hydrogen-bond acceptors (Lipinski definition) is 3. The molecule has 0 amide bonds. The smallest absolute Gasteiger partial charge is 0.264 e. The molecule has 0 saturated carbocycles. The quantitative estimate of drug-likeness (QED) is 0.498. The van der Waals surface area contributed by atoms with Gasteiger partial charge >= 0.3 is 10.4 Å². The summed E-state index contributed by atoms with van der Waals surface area (Å²) in [6, 6.07) is 0. The predicted octanol–water partition coefficient (Wildman–Crippen LogP) is 0.433. The molecule has 1 atom stereocenters. The third kappa shape index (κ3) is 8.16. The molecule has 1 N–H and O–H groups in total. The summed E-state index contributed by atoms with van der Waals surface area (Å²) in [5.41, 5.74) is 0. The Kier molecular flexibility index (Phi) is 3.42. The summed E-state index contributed by atoms with van der Waals surface area (Å²) >= 11 is 5.28. The molecule has 0 bridgehead atoms. The van der Waals surface area contributed by atoms with E-state index in [2.05, 4.69) is 4.18 Å². The van der Waals surface area contributed by atoms with Gasteiger partial charge in [0.2, 0.25) is 0 Å². The molecule has 56 valence electrons. The lowest BCUT2D eigenvalue weighted by Crippen LogP contribution is -2.10. The highest BCUT2D eigenvalue weighted by atomic mass is 35.5. The van der Waals surface area contributed by atoms with E-state index in [-0.39, 0.29) is 6.61 Å². The van der Waals surface area contributed by atoms with Crippen molar-refractivity contribution in [3.8, 4) is 0 Å². The van der Waals surface area contributed by atoms with Gasteiger partial charge in [-0.25, -0.2) is 4.18 Å². The summed E-state index contributed by atoms with van der Waals surface area (Å²) in [7, 11) is -4.30. The summed E-state index contributed by atoms with van der Waals surface area (Å²) in [5.74, 6) is 0. The Hall–Kier alpha value is 0.160. The van der Waals surface area contributed by atoms with Crippen molar-refractivity contribution in [1.29, 1.82) is 0 Å². The molecule has 9 heavy (non-hydrogen) atoms. The molecule has 0 aliphatic rings. The van der Waals surface area contributed by atoms with Crippen molar-refractivity contribution in [2.45, 2.75) is 12.3 Å². The van der Waals surface area contributed by atoms with Gasteiger partial charge in [0.15, 0.2) is 0 Å². The number of alkyl halides is 1. The molecule has 0 aliphatic carbocycles. The molecule has 0 aliphatic heterocycles. The van der Waals surface area contributed by atoms with Gasteiger partial charge in [0.1, 0.15) is 0 Å². The van der Waals surface area contributed by atoms with Crippen molar-refractivity contribution < 1.29 is 17.2 Å². The second-order valence-electron chi connectivity index (χ2n) is 1.49. The number of rotatable bonds is 3. The summed E-state index contributed by atoms with van der Waals surface area (Å²) in [6.45, 7) is 1.34. The maximum absolute atomic E-state index is 9.81. The average Bonchev–Trinajstić information content (AvgIpc) is 1.59. The highest BCUT2D eigenvalue weighted by Gasteiger charge is 2.05. The Balaban J connectivity index is 3.53. The lowest BCUT2D eigenvalue weighted by atomic mass is 10.5. The van der Waals surface area contributed by atoms with Crippen LogP contribution in [0.3, 0.4) is 0 Å². The largest absolute Gasteiger partial charge is 0.397 e. The highest BCUT2D eigenvalue weighted by Crippen LogP contribution is 1.96. The minimum Gasteiger partial charge on any atom is -0.264 e. The van der Waals surface area contributed by atoms with Crippen LogP contribution in [-0.2, 0) is 14.6 Å². The molecule has 1 unspecified atom stereocenters. The fourth-order valence-corrected chi connectivity index (χ4v) is 0.694. The van der Waals surface area contributed by atoms with E-state index < -0.39 is 15.8 Å². The first-order valence-electron chi connectivity index (χ1n) is 2.18. The van der Waals surface area contributed by atoms with Crippen molar-refractivity contribution in [3.63, 3.8) is 0 Å². The van der Waals surface area contributed by atoms with Crippen LogP contribution >= 0.6 is 11.6 Å². The third-order valence-electron chi connectivity index (χ3n) is 0.447. The van der Waals surface area contributed by atoms with E-state index in [0.29, 0.717) is 0 Å². The maximum Gasteiger partial charge on any atom is 0.397 e. The van der Waals surface area contributed by atoms with E-state index in [1.807, 2.05) is 0 Å². The molecule has 0 spiro atoms. The second kappa shape index (κ2) is 3.36. The van der Waals surface area contributed by atoms with Gasteiger partial charge in [-0.1, -0.05) is 0 Å². The Morgan fingerprint density at radius 1 is 1.78 bits per heavy atom. The first kappa shape index (κ1) is 9.16. The fourth-order valence-electron chi connectivity index (χ4n) is 0.180. The second-order valence-corrected chi connectivity index (χ2v) is 3.33. The lowest BCUT2D eigenvalue weighted by molar-refractivity contribution is 0.271. The van der Waals surface area contributed by atoms with Crippen molar-refractivity contribution in [2.75, 3.05) is 6.61 Å². The molecule has 0 radical (unpaired) electrons. The third-order valence-corrected chi connectivity index (χ3v) is 1.01. The zero-order valence-corrected chi connectivity index (χ0v) is 6.32. The van der Waals surface area contributed by atoms with E-state index in [0.717, 1.165) is 0 Å². The van der Waals surface area contributed by atoms with Gasteiger partial charge in [-0.2, -0.15) is 8.42 Å². The number of halogens is 1. The molecule has 0 aromatic rings. The van der Waals surface area contributed by atoms with Crippen molar-refractivity contribution >= 4 is 22.0 Å². The first-order chi connectivity index (χ1) is 3.92. The van der Waals surface area contributed by atoms with Crippen LogP contribution in [0.5, 0.6) is 0 Å². The van der Waals surface area contributed by atoms with Gasteiger partial charge in [0.25, 0.3) is 0 Å². The van der Waals surface area contributed by atoms with Crippen LogP contribution in [0.4, 0.5) is 0 Å². The van der Waals surface area contributed by atoms with E-state index >= 15 is 0 Å². The molecule has 0 heterocycles.